The van der Waals surface area contributed by atoms with E-state index < -0.39 is 17.9 Å². The van der Waals surface area contributed by atoms with Gasteiger partial charge in [-0.3, -0.25) is 14.7 Å². The second kappa shape index (κ2) is 12.5. The highest BCUT2D eigenvalue weighted by Crippen LogP contribution is 2.30. The maximum atomic E-state index is 12.9. The van der Waals surface area contributed by atoms with Crippen molar-refractivity contribution in [2.45, 2.75) is 31.5 Å². The van der Waals surface area contributed by atoms with Crippen molar-refractivity contribution in [3.8, 4) is 11.5 Å². The molecule has 0 saturated heterocycles. The van der Waals surface area contributed by atoms with Crippen LogP contribution in [0.3, 0.4) is 0 Å². The number of nitroso groups, excluding NO2 is 1. The summed E-state index contributed by atoms with van der Waals surface area (Å²) in [6, 6.07) is 18.7. The maximum absolute atomic E-state index is 12.9. The lowest BCUT2D eigenvalue weighted by Gasteiger charge is -2.32. The molecule has 0 heterocycles. The largest absolute Gasteiger partial charge is 0.497 e. The molecule has 4 rings (SSSR count). The topological polar surface area (TPSA) is 135 Å². The van der Waals surface area contributed by atoms with Gasteiger partial charge in [-0.25, -0.2) is 10.6 Å². The van der Waals surface area contributed by atoms with Crippen LogP contribution in [0.4, 0.5) is 0 Å². The number of carboxylic acids is 1. The molecular weight excluding hydrogens is 500 g/mol. The predicted molar refractivity (Wildman–Crippen MR) is 146 cm³/mol. The number of fused-ring (bicyclic) bond motifs is 1. The zero-order chi connectivity index (χ0) is 27.9. The Labute approximate surface area is 226 Å². The van der Waals surface area contributed by atoms with Gasteiger partial charge in [0.1, 0.15) is 17.5 Å². The van der Waals surface area contributed by atoms with Crippen LogP contribution in [0.15, 0.2) is 71.9 Å². The summed E-state index contributed by atoms with van der Waals surface area (Å²) in [5.74, 6) is 5.80. The van der Waals surface area contributed by atoms with Crippen LogP contribution in [0.1, 0.15) is 37.4 Å². The number of nitrogens with two attached hydrogens (primary N) is 1. The van der Waals surface area contributed by atoms with Crippen molar-refractivity contribution >= 4 is 11.9 Å². The number of nitrogens with zero attached hydrogens (tertiary/aromatic N) is 3. The van der Waals surface area contributed by atoms with Crippen LogP contribution in [0, 0.1) is 4.91 Å². The van der Waals surface area contributed by atoms with Gasteiger partial charge in [0.15, 0.2) is 0 Å². The van der Waals surface area contributed by atoms with Gasteiger partial charge >= 0.3 is 5.97 Å². The number of carboxylic acid groups (broad SMARTS) is 1. The second-order valence-electron chi connectivity index (χ2n) is 9.54. The lowest BCUT2D eigenvalue weighted by molar-refractivity contribution is 0.0692. The Balaban J connectivity index is 1.52. The molecule has 39 heavy (non-hydrogen) atoms. The van der Waals surface area contributed by atoms with Gasteiger partial charge in [-0.15, -0.1) is 0 Å². The van der Waals surface area contributed by atoms with E-state index in [0.29, 0.717) is 18.0 Å². The van der Waals surface area contributed by atoms with Crippen LogP contribution in [0.25, 0.3) is 0 Å². The molecule has 0 spiro atoms. The Morgan fingerprint density at radius 2 is 1.62 bits per heavy atom. The number of aromatic carboxylic acids is 1. The molecule has 0 aromatic heterocycles. The minimum atomic E-state index is -1.09. The van der Waals surface area contributed by atoms with Crippen LogP contribution in [0.5, 0.6) is 11.5 Å². The molecule has 1 aliphatic carbocycles. The van der Waals surface area contributed by atoms with E-state index >= 15 is 0 Å². The predicted octanol–water partition coefficient (Wildman–Crippen LogP) is 3.52. The number of ether oxygens (including phenoxy) is 2. The molecule has 0 saturated carbocycles. The summed E-state index contributed by atoms with van der Waals surface area (Å²) in [5.41, 5.74) is 3.75. The average molecular weight is 533 g/mol. The van der Waals surface area contributed by atoms with E-state index in [1.54, 1.807) is 14.2 Å². The summed E-state index contributed by atoms with van der Waals surface area (Å²) in [6.45, 7) is 0.669. The first-order chi connectivity index (χ1) is 18.8. The molecule has 1 amide bonds. The number of hydrogen-bond acceptors (Lipinski definition) is 8. The van der Waals surface area contributed by atoms with E-state index in [0.717, 1.165) is 23.4 Å². The highest BCUT2D eigenvalue weighted by atomic mass is 16.5. The molecule has 3 N–H and O–H groups in total. The molecule has 0 unspecified atom stereocenters. The van der Waals surface area contributed by atoms with E-state index in [4.69, 9.17) is 20.4 Å². The van der Waals surface area contributed by atoms with Crippen molar-refractivity contribution in [2.75, 3.05) is 27.3 Å². The minimum Gasteiger partial charge on any atom is -0.497 e. The Morgan fingerprint density at radius 1 is 0.974 bits per heavy atom. The van der Waals surface area contributed by atoms with Crippen molar-refractivity contribution in [3.63, 3.8) is 0 Å². The lowest BCUT2D eigenvalue weighted by atomic mass is 10.1. The summed E-state index contributed by atoms with van der Waals surface area (Å²) in [4.78, 5) is 38.1. The zero-order valence-corrected chi connectivity index (χ0v) is 21.9. The Hall–Kier alpha value is -4.28. The fourth-order valence-electron chi connectivity index (χ4n) is 4.96. The fraction of sp³-hybridized carbons (Fsp3) is 0.310. The Kier molecular flexibility index (Phi) is 8.90. The number of rotatable bonds is 12. The monoisotopic (exact) mass is 532 g/mol. The van der Waals surface area contributed by atoms with E-state index in [-0.39, 0.29) is 30.3 Å². The number of carbonyl (C=O) groups excluding carboxylic acids is 1. The molecule has 0 bridgehead atoms. The number of amides is 1. The van der Waals surface area contributed by atoms with Crippen LogP contribution in [-0.4, -0.2) is 66.3 Å². The van der Waals surface area contributed by atoms with Crippen molar-refractivity contribution in [2.24, 2.45) is 11.0 Å². The first-order valence-corrected chi connectivity index (χ1v) is 12.6. The average Bonchev–Trinajstić information content (AvgIpc) is 3.40. The summed E-state index contributed by atoms with van der Waals surface area (Å²) >= 11 is 0. The van der Waals surface area contributed by atoms with Crippen LogP contribution >= 0.6 is 0 Å². The Morgan fingerprint density at radius 3 is 2.18 bits per heavy atom. The standard InChI is InChI=1S/C29H32N4O6/c1-38-26-12-11-23(27(15-26)39-2)16-32(25-13-21-5-3-4-6-22(21)14-25)17-24(31-37)18-33(30)28(34)19-7-9-20(10-8-19)29(35)36/h3-12,15,24-25H,13-14,16-18,30H2,1-2H3,(H,35,36)/t24-/m0/s1. The molecule has 10 heteroatoms. The van der Waals surface area contributed by atoms with Crippen molar-refractivity contribution in [1.29, 1.82) is 0 Å². The van der Waals surface area contributed by atoms with E-state index in [1.165, 1.54) is 35.4 Å². The molecule has 3 aromatic carbocycles. The summed E-state index contributed by atoms with van der Waals surface area (Å²) in [6.07, 6.45) is 1.64. The van der Waals surface area contributed by atoms with Gasteiger partial charge < -0.3 is 14.6 Å². The first-order valence-electron chi connectivity index (χ1n) is 12.6. The van der Waals surface area contributed by atoms with Crippen molar-refractivity contribution in [1.82, 2.24) is 9.91 Å². The quantitative estimate of drug-likeness (QED) is 0.157. The SMILES string of the molecule is COc1ccc(CN(C[C@@H](CN(N)C(=O)c2ccc(C(=O)O)cc2)N=O)C2Cc3ccccc3C2)c(OC)c1. The summed E-state index contributed by atoms with van der Waals surface area (Å²) in [7, 11) is 3.20. The summed E-state index contributed by atoms with van der Waals surface area (Å²) < 4.78 is 10.9. The van der Waals surface area contributed by atoms with Crippen LogP contribution in [0.2, 0.25) is 0 Å². The maximum Gasteiger partial charge on any atom is 0.335 e. The van der Waals surface area contributed by atoms with Gasteiger partial charge in [0.2, 0.25) is 0 Å². The smallest absolute Gasteiger partial charge is 0.335 e. The van der Waals surface area contributed by atoms with Gasteiger partial charge in [-0.05, 0) is 54.3 Å². The van der Waals surface area contributed by atoms with E-state index in [1.807, 2.05) is 30.3 Å². The Bertz CT molecular complexity index is 1300. The molecular formula is C29H32N4O6. The molecule has 1 atom stereocenters. The van der Waals surface area contributed by atoms with Gasteiger partial charge in [0.25, 0.3) is 5.91 Å². The third-order valence-corrected chi connectivity index (χ3v) is 7.05. The lowest BCUT2D eigenvalue weighted by Crippen LogP contribution is -2.47. The minimum absolute atomic E-state index is 0.0599. The third-order valence-electron chi connectivity index (χ3n) is 7.05. The zero-order valence-electron chi connectivity index (χ0n) is 21.9. The summed E-state index contributed by atoms with van der Waals surface area (Å²) in [5, 5.41) is 13.4. The van der Waals surface area contributed by atoms with Crippen LogP contribution < -0.4 is 15.3 Å². The van der Waals surface area contributed by atoms with Crippen molar-refractivity contribution < 1.29 is 24.2 Å². The molecule has 204 valence electrons. The van der Waals surface area contributed by atoms with E-state index in [2.05, 4.69) is 22.2 Å². The molecule has 10 nitrogen and oxygen atoms in total. The normalized spacial score (nSPS) is 13.5. The third kappa shape index (κ3) is 6.60. The van der Waals surface area contributed by atoms with Crippen LogP contribution in [-0.2, 0) is 19.4 Å². The van der Waals surface area contributed by atoms with Gasteiger partial charge in [-0.1, -0.05) is 35.5 Å². The number of hydrazine groups is 1. The highest BCUT2D eigenvalue weighted by molar-refractivity contribution is 5.95. The molecule has 3 aromatic rings. The number of hydrogen-bond donors (Lipinski definition) is 2. The van der Waals surface area contributed by atoms with Gasteiger partial charge in [-0.2, -0.15) is 4.91 Å². The fourth-order valence-corrected chi connectivity index (χ4v) is 4.96. The molecule has 0 fully saturated rings. The van der Waals surface area contributed by atoms with Crippen molar-refractivity contribution in [3.05, 3.63) is 99.5 Å². The number of benzene rings is 3. The molecule has 1 aliphatic rings. The number of methoxy groups -OCH3 is 2. The van der Waals surface area contributed by atoms with Gasteiger partial charge in [0, 0.05) is 36.3 Å². The first kappa shape index (κ1) is 27.7. The molecule has 0 radical (unpaired) electrons. The van der Waals surface area contributed by atoms with Gasteiger partial charge in [0.05, 0.1) is 26.3 Å². The molecule has 0 aliphatic heterocycles. The number of carbonyl (C=O) groups is 2. The van der Waals surface area contributed by atoms with E-state index in [9.17, 15) is 14.5 Å². The second-order valence-corrected chi connectivity index (χ2v) is 9.54. The highest BCUT2D eigenvalue weighted by Gasteiger charge is 2.30.